The monoisotopic (exact) mass is 221 g/mol. The smallest absolute Gasteiger partial charge is 0.129 e. The average molecular weight is 221 g/mol. The Balaban J connectivity index is 2.39. The molecule has 0 aromatic heterocycles. The molecule has 0 fully saturated rings. The number of rotatable bonds is 7. The molecule has 3 nitrogen and oxygen atoms in total. The minimum absolute atomic E-state index is 0.0231. The first-order valence-electron chi connectivity index (χ1n) is 5.72. The van der Waals surface area contributed by atoms with Gasteiger partial charge in [-0.25, -0.2) is 0 Å². The van der Waals surface area contributed by atoms with Crippen LogP contribution in [0, 0.1) is 0 Å². The summed E-state index contributed by atoms with van der Waals surface area (Å²) >= 11 is 0. The van der Waals surface area contributed by atoms with E-state index in [1.54, 1.807) is 6.21 Å². The molecule has 1 rings (SSSR count). The lowest BCUT2D eigenvalue weighted by Gasteiger charge is -2.11. The zero-order chi connectivity index (χ0) is 11.6. The first kappa shape index (κ1) is 12.7. The first-order valence-corrected chi connectivity index (χ1v) is 5.72. The fraction of sp³-hybridized carbons (Fsp3) is 0.462. The SMILES string of the molecule is CCC[C@H](CCO)O/N=C/c1ccccc1. The minimum atomic E-state index is 0.0231. The van der Waals surface area contributed by atoms with Crippen LogP contribution in [0.5, 0.6) is 0 Å². The maximum atomic E-state index is 8.85. The molecule has 0 unspecified atom stereocenters. The van der Waals surface area contributed by atoms with E-state index in [9.17, 15) is 0 Å². The van der Waals surface area contributed by atoms with Crippen molar-refractivity contribution in [2.24, 2.45) is 5.16 Å². The van der Waals surface area contributed by atoms with E-state index in [1.165, 1.54) is 0 Å². The number of hydrogen-bond donors (Lipinski definition) is 1. The molecule has 3 heteroatoms. The third-order valence-corrected chi connectivity index (χ3v) is 2.27. The summed E-state index contributed by atoms with van der Waals surface area (Å²) in [5, 5.41) is 12.8. The summed E-state index contributed by atoms with van der Waals surface area (Å²) in [7, 11) is 0. The standard InChI is InChI=1S/C13H19NO2/c1-2-6-13(9-10-15)16-14-11-12-7-4-3-5-8-12/h3-5,7-8,11,13,15H,2,6,9-10H2,1H3/b14-11+/t13-/m1/s1. The second-order valence-corrected chi connectivity index (χ2v) is 3.67. The summed E-state index contributed by atoms with van der Waals surface area (Å²) in [5.41, 5.74) is 1.02. The lowest BCUT2D eigenvalue weighted by atomic mass is 10.1. The van der Waals surface area contributed by atoms with Crippen molar-refractivity contribution in [1.82, 2.24) is 0 Å². The van der Waals surface area contributed by atoms with Crippen LogP contribution in [0.2, 0.25) is 0 Å². The highest BCUT2D eigenvalue weighted by Crippen LogP contribution is 2.06. The number of benzene rings is 1. The van der Waals surface area contributed by atoms with E-state index in [1.807, 2.05) is 30.3 Å². The van der Waals surface area contributed by atoms with Gasteiger partial charge in [-0.15, -0.1) is 0 Å². The Bertz CT molecular complexity index is 292. The molecule has 0 aliphatic rings. The second kappa shape index (κ2) is 7.88. The summed E-state index contributed by atoms with van der Waals surface area (Å²) in [4.78, 5) is 5.34. The highest BCUT2D eigenvalue weighted by atomic mass is 16.6. The van der Waals surface area contributed by atoms with Crippen molar-refractivity contribution in [3.8, 4) is 0 Å². The van der Waals surface area contributed by atoms with E-state index in [0.29, 0.717) is 6.42 Å². The number of nitrogens with zero attached hydrogens (tertiary/aromatic N) is 1. The molecule has 0 saturated carbocycles. The normalized spacial score (nSPS) is 12.9. The molecule has 0 spiro atoms. The van der Waals surface area contributed by atoms with Crippen LogP contribution in [0.1, 0.15) is 31.7 Å². The fourth-order valence-corrected chi connectivity index (χ4v) is 1.43. The summed E-state index contributed by atoms with van der Waals surface area (Å²) in [6.07, 6.45) is 4.31. The third-order valence-electron chi connectivity index (χ3n) is 2.27. The molecule has 0 bridgehead atoms. The van der Waals surface area contributed by atoms with E-state index in [2.05, 4.69) is 12.1 Å². The molecule has 0 aliphatic carbocycles. The van der Waals surface area contributed by atoms with Crippen molar-refractivity contribution >= 4 is 6.21 Å². The molecule has 0 aliphatic heterocycles. The van der Waals surface area contributed by atoms with Crippen LogP contribution in [0.25, 0.3) is 0 Å². The van der Waals surface area contributed by atoms with Gasteiger partial charge in [-0.3, -0.25) is 0 Å². The zero-order valence-corrected chi connectivity index (χ0v) is 9.67. The van der Waals surface area contributed by atoms with Gasteiger partial charge >= 0.3 is 0 Å². The van der Waals surface area contributed by atoms with Crippen LogP contribution >= 0.6 is 0 Å². The predicted molar refractivity (Wildman–Crippen MR) is 65.5 cm³/mol. The first-order chi connectivity index (χ1) is 7.86. The van der Waals surface area contributed by atoms with Crippen LogP contribution in [-0.2, 0) is 4.84 Å². The summed E-state index contributed by atoms with van der Waals surface area (Å²) < 4.78 is 0. The van der Waals surface area contributed by atoms with Crippen molar-refractivity contribution in [3.05, 3.63) is 35.9 Å². The maximum absolute atomic E-state index is 8.85. The predicted octanol–water partition coefficient (Wildman–Crippen LogP) is 2.59. The Labute approximate surface area is 96.7 Å². The molecular formula is C13H19NO2. The summed E-state index contributed by atoms with van der Waals surface area (Å²) in [6.45, 7) is 2.24. The lowest BCUT2D eigenvalue weighted by Crippen LogP contribution is -2.11. The molecule has 1 aromatic rings. The Morgan fingerprint density at radius 3 is 2.69 bits per heavy atom. The van der Waals surface area contributed by atoms with Crippen molar-refractivity contribution in [2.75, 3.05) is 6.61 Å². The largest absolute Gasteiger partial charge is 0.396 e. The van der Waals surface area contributed by atoms with Crippen molar-refractivity contribution in [3.63, 3.8) is 0 Å². The Hall–Kier alpha value is -1.35. The summed E-state index contributed by atoms with van der Waals surface area (Å²) in [6, 6.07) is 9.81. The Morgan fingerprint density at radius 1 is 1.31 bits per heavy atom. The zero-order valence-electron chi connectivity index (χ0n) is 9.67. The van der Waals surface area contributed by atoms with Crippen molar-refractivity contribution in [2.45, 2.75) is 32.3 Å². The van der Waals surface area contributed by atoms with E-state index in [0.717, 1.165) is 18.4 Å². The Kier molecular flexibility index (Phi) is 6.26. The summed E-state index contributed by atoms with van der Waals surface area (Å²) in [5.74, 6) is 0. The molecule has 1 atom stereocenters. The Morgan fingerprint density at radius 2 is 2.06 bits per heavy atom. The van der Waals surface area contributed by atoms with E-state index in [4.69, 9.17) is 9.94 Å². The minimum Gasteiger partial charge on any atom is -0.396 e. The number of aliphatic hydroxyl groups excluding tert-OH is 1. The molecule has 0 amide bonds. The van der Waals surface area contributed by atoms with Gasteiger partial charge < -0.3 is 9.94 Å². The molecule has 16 heavy (non-hydrogen) atoms. The van der Waals surface area contributed by atoms with Crippen molar-refractivity contribution in [1.29, 1.82) is 0 Å². The van der Waals surface area contributed by atoms with Gasteiger partial charge in [0.25, 0.3) is 0 Å². The van der Waals surface area contributed by atoms with Gasteiger partial charge in [-0.1, -0.05) is 48.8 Å². The van der Waals surface area contributed by atoms with Crippen LogP contribution in [0.15, 0.2) is 35.5 Å². The van der Waals surface area contributed by atoms with Gasteiger partial charge in [0.2, 0.25) is 0 Å². The highest BCUT2D eigenvalue weighted by Gasteiger charge is 2.06. The number of oxime groups is 1. The van der Waals surface area contributed by atoms with Crippen LogP contribution < -0.4 is 0 Å². The van der Waals surface area contributed by atoms with Gasteiger partial charge in [-0.2, -0.15) is 0 Å². The van der Waals surface area contributed by atoms with Crippen molar-refractivity contribution < 1.29 is 9.94 Å². The van der Waals surface area contributed by atoms with E-state index in [-0.39, 0.29) is 12.7 Å². The molecule has 0 radical (unpaired) electrons. The average Bonchev–Trinajstić information content (AvgIpc) is 2.31. The molecule has 1 N–H and O–H groups in total. The maximum Gasteiger partial charge on any atom is 0.129 e. The van der Waals surface area contributed by atoms with Crippen LogP contribution in [0.3, 0.4) is 0 Å². The number of hydrogen-bond acceptors (Lipinski definition) is 3. The van der Waals surface area contributed by atoms with Gasteiger partial charge in [0.05, 0.1) is 6.21 Å². The molecule has 1 aromatic carbocycles. The van der Waals surface area contributed by atoms with E-state index < -0.39 is 0 Å². The van der Waals surface area contributed by atoms with Gasteiger partial charge in [-0.05, 0) is 12.0 Å². The molecular weight excluding hydrogens is 202 g/mol. The third kappa shape index (κ3) is 4.94. The quantitative estimate of drug-likeness (QED) is 0.568. The van der Waals surface area contributed by atoms with Crippen LogP contribution in [-0.4, -0.2) is 24.0 Å². The van der Waals surface area contributed by atoms with E-state index >= 15 is 0 Å². The fourth-order valence-electron chi connectivity index (χ4n) is 1.43. The molecule has 88 valence electrons. The number of aliphatic hydroxyl groups is 1. The lowest BCUT2D eigenvalue weighted by molar-refractivity contribution is 0.0353. The van der Waals surface area contributed by atoms with Gasteiger partial charge in [0.15, 0.2) is 0 Å². The molecule has 0 saturated heterocycles. The topological polar surface area (TPSA) is 41.8 Å². The van der Waals surface area contributed by atoms with Crippen LogP contribution in [0.4, 0.5) is 0 Å². The molecule has 0 heterocycles. The van der Waals surface area contributed by atoms with Gasteiger partial charge in [0.1, 0.15) is 6.10 Å². The highest BCUT2D eigenvalue weighted by molar-refractivity contribution is 5.78. The van der Waals surface area contributed by atoms with Gasteiger partial charge in [0, 0.05) is 13.0 Å². The second-order valence-electron chi connectivity index (χ2n) is 3.67.